The topological polar surface area (TPSA) is 50.6 Å². The van der Waals surface area contributed by atoms with Gasteiger partial charge in [0.15, 0.2) is 0 Å². The van der Waals surface area contributed by atoms with Gasteiger partial charge in [-0.05, 0) is 47.7 Å². The van der Waals surface area contributed by atoms with Gasteiger partial charge >= 0.3 is 6.09 Å². The van der Waals surface area contributed by atoms with E-state index in [0.29, 0.717) is 19.0 Å². The number of piperidine rings is 1. The monoisotopic (exact) mass is 398 g/mol. The van der Waals surface area contributed by atoms with Crippen LogP contribution in [0.3, 0.4) is 0 Å². The summed E-state index contributed by atoms with van der Waals surface area (Å²) < 4.78 is 7.83. The summed E-state index contributed by atoms with van der Waals surface area (Å²) in [5, 5.41) is 0. The van der Waals surface area contributed by atoms with Crippen molar-refractivity contribution in [3.8, 4) is 11.3 Å². The number of ether oxygens (including phenoxy) is 1. The Morgan fingerprint density at radius 2 is 1.83 bits per heavy atom. The standard InChI is InChI=1S/C23H34N4O2/c1-23(2,3)29-22(28)26-13-11-19(12-14-26)21-24-20(18-9-7-6-8-10-18)17-27(21)16-15-25(4)5/h6-10,17,19H,11-16H2,1-5H3. The maximum absolute atomic E-state index is 12.4. The number of nitrogens with zero attached hydrogens (tertiary/aromatic N) is 4. The van der Waals surface area contributed by atoms with E-state index in [2.05, 4.69) is 41.9 Å². The Morgan fingerprint density at radius 3 is 2.41 bits per heavy atom. The summed E-state index contributed by atoms with van der Waals surface area (Å²) in [6.45, 7) is 9.02. The number of carbonyl (C=O) groups is 1. The molecule has 1 aromatic carbocycles. The number of imidazole rings is 1. The van der Waals surface area contributed by atoms with E-state index in [4.69, 9.17) is 9.72 Å². The number of aromatic nitrogens is 2. The normalized spacial score (nSPS) is 15.7. The summed E-state index contributed by atoms with van der Waals surface area (Å²) in [5.41, 5.74) is 1.71. The van der Waals surface area contributed by atoms with E-state index in [9.17, 15) is 4.79 Å². The molecule has 0 bridgehead atoms. The number of hydrogen-bond acceptors (Lipinski definition) is 4. The number of rotatable bonds is 5. The lowest BCUT2D eigenvalue weighted by Gasteiger charge is -2.33. The van der Waals surface area contributed by atoms with Gasteiger partial charge in [-0.25, -0.2) is 9.78 Å². The molecule has 0 atom stereocenters. The number of hydrogen-bond donors (Lipinski definition) is 0. The van der Waals surface area contributed by atoms with Crippen LogP contribution >= 0.6 is 0 Å². The highest BCUT2D eigenvalue weighted by Gasteiger charge is 2.29. The zero-order chi connectivity index (χ0) is 21.0. The maximum atomic E-state index is 12.4. The molecule has 2 aromatic rings. The zero-order valence-corrected chi connectivity index (χ0v) is 18.4. The van der Waals surface area contributed by atoms with Gasteiger partial charge in [-0.2, -0.15) is 0 Å². The van der Waals surface area contributed by atoms with Gasteiger partial charge in [0.25, 0.3) is 0 Å². The molecule has 0 unspecified atom stereocenters. The third-order valence-corrected chi connectivity index (χ3v) is 5.18. The molecule has 1 amide bonds. The number of carbonyl (C=O) groups excluding carboxylic acids is 1. The minimum atomic E-state index is -0.457. The molecule has 1 aliphatic rings. The fraction of sp³-hybridized carbons (Fsp3) is 0.565. The van der Waals surface area contributed by atoms with Crippen molar-refractivity contribution in [1.29, 1.82) is 0 Å². The van der Waals surface area contributed by atoms with E-state index in [0.717, 1.165) is 43.0 Å². The Morgan fingerprint density at radius 1 is 1.17 bits per heavy atom. The van der Waals surface area contributed by atoms with Crippen molar-refractivity contribution in [3.05, 3.63) is 42.4 Å². The molecule has 0 spiro atoms. The van der Waals surface area contributed by atoms with Gasteiger partial charge in [-0.1, -0.05) is 30.3 Å². The average molecular weight is 399 g/mol. The molecule has 2 heterocycles. The molecule has 1 aromatic heterocycles. The molecule has 1 saturated heterocycles. The Labute approximate surface area is 174 Å². The highest BCUT2D eigenvalue weighted by molar-refractivity contribution is 5.68. The van der Waals surface area contributed by atoms with Crippen LogP contribution in [0.25, 0.3) is 11.3 Å². The molecule has 6 heteroatoms. The van der Waals surface area contributed by atoms with Crippen LogP contribution in [0.2, 0.25) is 0 Å². The minimum Gasteiger partial charge on any atom is -0.444 e. The molecule has 3 rings (SSSR count). The van der Waals surface area contributed by atoms with Crippen molar-refractivity contribution < 1.29 is 9.53 Å². The molecule has 1 fully saturated rings. The Hall–Kier alpha value is -2.34. The summed E-state index contributed by atoms with van der Waals surface area (Å²) in [6.07, 6.45) is 3.78. The van der Waals surface area contributed by atoms with Gasteiger partial charge in [-0.3, -0.25) is 0 Å². The van der Waals surface area contributed by atoms with Crippen LogP contribution < -0.4 is 0 Å². The first kappa shape index (κ1) is 21.4. The summed E-state index contributed by atoms with van der Waals surface area (Å²) in [4.78, 5) is 21.4. The van der Waals surface area contributed by atoms with Crippen LogP contribution in [-0.4, -0.2) is 64.8 Å². The second-order valence-electron chi connectivity index (χ2n) is 9.09. The van der Waals surface area contributed by atoms with Crippen LogP contribution in [0.1, 0.15) is 45.4 Å². The van der Waals surface area contributed by atoms with Crippen LogP contribution in [0.4, 0.5) is 4.79 Å². The zero-order valence-electron chi connectivity index (χ0n) is 18.4. The molecule has 1 aliphatic heterocycles. The third-order valence-electron chi connectivity index (χ3n) is 5.18. The molecule has 29 heavy (non-hydrogen) atoms. The lowest BCUT2D eigenvalue weighted by atomic mass is 9.96. The fourth-order valence-corrected chi connectivity index (χ4v) is 3.64. The smallest absolute Gasteiger partial charge is 0.410 e. The Balaban J connectivity index is 1.74. The van der Waals surface area contributed by atoms with Gasteiger partial charge in [0.2, 0.25) is 0 Å². The van der Waals surface area contributed by atoms with Crippen molar-refractivity contribution in [2.24, 2.45) is 0 Å². The van der Waals surface area contributed by atoms with Gasteiger partial charge in [-0.15, -0.1) is 0 Å². The van der Waals surface area contributed by atoms with Crippen molar-refractivity contribution in [3.63, 3.8) is 0 Å². The quantitative estimate of drug-likeness (QED) is 0.756. The van der Waals surface area contributed by atoms with E-state index in [1.54, 1.807) is 0 Å². The lowest BCUT2D eigenvalue weighted by molar-refractivity contribution is 0.0202. The van der Waals surface area contributed by atoms with E-state index in [1.165, 1.54) is 0 Å². The summed E-state index contributed by atoms with van der Waals surface area (Å²) >= 11 is 0. The first-order chi connectivity index (χ1) is 13.7. The van der Waals surface area contributed by atoms with E-state index >= 15 is 0 Å². The van der Waals surface area contributed by atoms with E-state index in [-0.39, 0.29) is 6.09 Å². The van der Waals surface area contributed by atoms with Crippen LogP contribution in [0, 0.1) is 0 Å². The van der Waals surface area contributed by atoms with Crippen LogP contribution in [0.15, 0.2) is 36.5 Å². The predicted molar refractivity (Wildman–Crippen MR) is 116 cm³/mol. The molecule has 0 radical (unpaired) electrons. The summed E-state index contributed by atoms with van der Waals surface area (Å²) in [5.74, 6) is 1.49. The average Bonchev–Trinajstić information content (AvgIpc) is 3.10. The summed E-state index contributed by atoms with van der Waals surface area (Å²) in [7, 11) is 4.18. The SMILES string of the molecule is CN(C)CCn1cc(-c2ccccc2)nc1C1CCN(C(=O)OC(C)(C)C)CC1. The minimum absolute atomic E-state index is 0.211. The Bertz CT molecular complexity index is 800. The molecule has 0 N–H and O–H groups in total. The van der Waals surface area contributed by atoms with Crippen molar-refractivity contribution in [1.82, 2.24) is 19.4 Å². The largest absolute Gasteiger partial charge is 0.444 e. The number of amides is 1. The second-order valence-corrected chi connectivity index (χ2v) is 9.09. The molecule has 158 valence electrons. The third kappa shape index (κ3) is 5.82. The number of likely N-dealkylation sites (tertiary alicyclic amines) is 1. The molecule has 0 aliphatic carbocycles. The molecular formula is C23H34N4O2. The maximum Gasteiger partial charge on any atom is 0.410 e. The predicted octanol–water partition coefficient (Wildman–Crippen LogP) is 4.23. The van der Waals surface area contributed by atoms with Crippen molar-refractivity contribution in [2.45, 2.75) is 51.7 Å². The van der Waals surface area contributed by atoms with Gasteiger partial charge in [0.1, 0.15) is 11.4 Å². The van der Waals surface area contributed by atoms with E-state index < -0.39 is 5.60 Å². The van der Waals surface area contributed by atoms with Gasteiger partial charge in [0, 0.05) is 43.9 Å². The van der Waals surface area contributed by atoms with E-state index in [1.807, 2.05) is 43.9 Å². The number of benzene rings is 1. The summed E-state index contributed by atoms with van der Waals surface area (Å²) in [6, 6.07) is 10.3. The number of likely N-dealkylation sites (N-methyl/N-ethyl adjacent to an activating group) is 1. The first-order valence-corrected chi connectivity index (χ1v) is 10.5. The fourth-order valence-electron chi connectivity index (χ4n) is 3.64. The van der Waals surface area contributed by atoms with Gasteiger partial charge in [0.05, 0.1) is 5.69 Å². The molecule has 6 nitrogen and oxygen atoms in total. The highest BCUT2D eigenvalue weighted by atomic mass is 16.6. The van der Waals surface area contributed by atoms with Crippen molar-refractivity contribution in [2.75, 3.05) is 33.7 Å². The van der Waals surface area contributed by atoms with Crippen LogP contribution in [-0.2, 0) is 11.3 Å². The first-order valence-electron chi connectivity index (χ1n) is 10.5. The Kier molecular flexibility index (Phi) is 6.63. The second kappa shape index (κ2) is 8.99. The lowest BCUT2D eigenvalue weighted by Crippen LogP contribution is -2.41. The van der Waals surface area contributed by atoms with Crippen LogP contribution in [0.5, 0.6) is 0 Å². The molecular weight excluding hydrogens is 364 g/mol. The van der Waals surface area contributed by atoms with Crippen molar-refractivity contribution >= 4 is 6.09 Å². The van der Waals surface area contributed by atoms with Gasteiger partial charge < -0.3 is 19.1 Å². The molecule has 0 saturated carbocycles. The highest BCUT2D eigenvalue weighted by Crippen LogP contribution is 2.30.